The van der Waals surface area contributed by atoms with Gasteiger partial charge >= 0.3 is 0 Å². The molecule has 0 aromatic heterocycles. The molecule has 0 aliphatic rings. The molecular formula is C15H16N2O4S. The van der Waals surface area contributed by atoms with Crippen molar-refractivity contribution < 1.29 is 17.9 Å². The van der Waals surface area contributed by atoms with Crippen LogP contribution < -0.4 is 15.2 Å². The highest BCUT2D eigenvalue weighted by molar-refractivity contribution is 7.92. The second kappa shape index (κ2) is 6.48. The van der Waals surface area contributed by atoms with Crippen LogP contribution in [0, 0.1) is 0 Å². The molecule has 0 heterocycles. The minimum Gasteiger partial charge on any atom is -0.492 e. The van der Waals surface area contributed by atoms with Crippen molar-refractivity contribution in [2.24, 2.45) is 5.73 Å². The summed E-state index contributed by atoms with van der Waals surface area (Å²) in [5.74, 6) is -0.166. The Balaban J connectivity index is 2.30. The first kappa shape index (κ1) is 15.8. The van der Waals surface area contributed by atoms with Crippen LogP contribution in [0.25, 0.3) is 0 Å². The van der Waals surface area contributed by atoms with Gasteiger partial charge in [0.2, 0.25) is 5.91 Å². The van der Waals surface area contributed by atoms with E-state index in [9.17, 15) is 13.2 Å². The highest BCUT2D eigenvalue weighted by Gasteiger charge is 2.16. The maximum absolute atomic E-state index is 12.4. The maximum Gasteiger partial charge on any atom is 0.262 e. The van der Waals surface area contributed by atoms with Crippen LogP contribution in [0.2, 0.25) is 0 Å². The molecule has 0 bridgehead atoms. The van der Waals surface area contributed by atoms with Gasteiger partial charge in [0.15, 0.2) is 0 Å². The lowest BCUT2D eigenvalue weighted by molar-refractivity contribution is 0.1000. The molecule has 2 aromatic carbocycles. The van der Waals surface area contributed by atoms with Gasteiger partial charge in [-0.1, -0.05) is 12.1 Å². The number of hydrogen-bond acceptors (Lipinski definition) is 4. The molecule has 2 rings (SSSR count). The largest absolute Gasteiger partial charge is 0.492 e. The number of para-hydroxylation sites is 2. The van der Waals surface area contributed by atoms with Gasteiger partial charge in [-0.15, -0.1) is 0 Å². The molecule has 22 heavy (non-hydrogen) atoms. The van der Waals surface area contributed by atoms with Crippen molar-refractivity contribution in [3.63, 3.8) is 0 Å². The summed E-state index contributed by atoms with van der Waals surface area (Å²) in [6, 6.07) is 12.1. The summed E-state index contributed by atoms with van der Waals surface area (Å²) in [7, 11) is -3.78. The third kappa shape index (κ3) is 3.56. The van der Waals surface area contributed by atoms with E-state index in [1.54, 1.807) is 24.3 Å². The summed E-state index contributed by atoms with van der Waals surface area (Å²) in [5, 5.41) is 0. The topological polar surface area (TPSA) is 98.5 Å². The molecule has 0 spiro atoms. The van der Waals surface area contributed by atoms with Crippen LogP contribution in [0.3, 0.4) is 0 Å². The van der Waals surface area contributed by atoms with Crippen molar-refractivity contribution >= 4 is 21.6 Å². The van der Waals surface area contributed by atoms with Crippen LogP contribution in [-0.2, 0) is 10.0 Å². The van der Waals surface area contributed by atoms with Gasteiger partial charge in [0.25, 0.3) is 10.0 Å². The van der Waals surface area contributed by atoms with E-state index < -0.39 is 15.9 Å². The SMILES string of the molecule is CCOc1ccccc1NS(=O)(=O)c1ccc(C(N)=O)cc1. The molecule has 0 aliphatic carbocycles. The van der Waals surface area contributed by atoms with E-state index in [0.29, 0.717) is 18.0 Å². The number of carbonyl (C=O) groups is 1. The standard InChI is InChI=1S/C15H16N2O4S/c1-2-21-14-6-4-3-5-13(14)17-22(19,20)12-9-7-11(8-10-12)15(16)18/h3-10,17H,2H2,1H3,(H2,16,18). The first-order chi connectivity index (χ1) is 10.4. The number of hydrogen-bond donors (Lipinski definition) is 2. The second-order valence-corrected chi connectivity index (χ2v) is 6.11. The molecule has 0 aliphatic heterocycles. The Morgan fingerprint density at radius 1 is 1.14 bits per heavy atom. The summed E-state index contributed by atoms with van der Waals surface area (Å²) in [4.78, 5) is 11.0. The Labute approximate surface area is 129 Å². The summed E-state index contributed by atoms with van der Waals surface area (Å²) in [6.45, 7) is 2.24. The summed E-state index contributed by atoms with van der Waals surface area (Å²) in [5.41, 5.74) is 5.72. The lowest BCUT2D eigenvalue weighted by Crippen LogP contribution is -2.15. The first-order valence-corrected chi connectivity index (χ1v) is 8.07. The Bertz CT molecular complexity index is 770. The fraction of sp³-hybridized carbons (Fsp3) is 0.133. The van der Waals surface area contributed by atoms with E-state index in [1.165, 1.54) is 24.3 Å². The Morgan fingerprint density at radius 2 is 1.77 bits per heavy atom. The number of primary amides is 1. The number of amides is 1. The smallest absolute Gasteiger partial charge is 0.262 e. The summed E-state index contributed by atoms with van der Waals surface area (Å²) in [6.07, 6.45) is 0. The van der Waals surface area contributed by atoms with Crippen LogP contribution in [0.15, 0.2) is 53.4 Å². The molecule has 6 nitrogen and oxygen atoms in total. The number of sulfonamides is 1. The van der Waals surface area contributed by atoms with Crippen LogP contribution in [-0.4, -0.2) is 20.9 Å². The first-order valence-electron chi connectivity index (χ1n) is 6.58. The van der Waals surface area contributed by atoms with Crippen LogP contribution in [0.5, 0.6) is 5.75 Å². The van der Waals surface area contributed by atoms with E-state index in [0.717, 1.165) is 0 Å². The van der Waals surface area contributed by atoms with Gasteiger partial charge in [0.1, 0.15) is 5.75 Å². The fourth-order valence-corrected chi connectivity index (χ4v) is 2.90. The van der Waals surface area contributed by atoms with Crippen LogP contribution >= 0.6 is 0 Å². The van der Waals surface area contributed by atoms with Gasteiger partial charge in [0.05, 0.1) is 17.2 Å². The lowest BCUT2D eigenvalue weighted by Gasteiger charge is -2.12. The molecule has 0 fully saturated rings. The van der Waals surface area contributed by atoms with Gasteiger partial charge < -0.3 is 10.5 Å². The quantitative estimate of drug-likeness (QED) is 0.850. The molecule has 116 valence electrons. The van der Waals surface area contributed by atoms with E-state index >= 15 is 0 Å². The molecule has 2 aromatic rings. The van der Waals surface area contributed by atoms with E-state index in [4.69, 9.17) is 10.5 Å². The maximum atomic E-state index is 12.4. The van der Waals surface area contributed by atoms with Crippen molar-refractivity contribution in [1.82, 2.24) is 0 Å². The summed E-state index contributed by atoms with van der Waals surface area (Å²) >= 11 is 0. The summed E-state index contributed by atoms with van der Waals surface area (Å²) < 4.78 is 32.6. The molecular weight excluding hydrogens is 304 g/mol. The molecule has 0 radical (unpaired) electrons. The van der Waals surface area contributed by atoms with E-state index in [2.05, 4.69) is 4.72 Å². The lowest BCUT2D eigenvalue weighted by atomic mass is 10.2. The Hall–Kier alpha value is -2.54. The Morgan fingerprint density at radius 3 is 2.36 bits per heavy atom. The molecule has 0 saturated carbocycles. The molecule has 0 saturated heterocycles. The van der Waals surface area contributed by atoms with Gasteiger partial charge in [0, 0.05) is 5.56 Å². The zero-order valence-corrected chi connectivity index (χ0v) is 12.8. The van der Waals surface area contributed by atoms with Crippen molar-refractivity contribution in [3.8, 4) is 5.75 Å². The predicted octanol–water partition coefficient (Wildman–Crippen LogP) is 1.99. The minimum atomic E-state index is -3.78. The van der Waals surface area contributed by atoms with Gasteiger partial charge in [-0.05, 0) is 43.3 Å². The molecule has 7 heteroatoms. The van der Waals surface area contributed by atoms with Gasteiger partial charge in [-0.3, -0.25) is 9.52 Å². The predicted molar refractivity (Wildman–Crippen MR) is 83.4 cm³/mol. The third-order valence-corrected chi connectivity index (χ3v) is 4.26. The number of nitrogens with two attached hydrogens (primary N) is 1. The minimum absolute atomic E-state index is 0.0313. The zero-order chi connectivity index (χ0) is 16.2. The van der Waals surface area contributed by atoms with E-state index in [1.807, 2.05) is 6.92 Å². The van der Waals surface area contributed by atoms with Crippen LogP contribution in [0.4, 0.5) is 5.69 Å². The third-order valence-electron chi connectivity index (χ3n) is 2.88. The van der Waals surface area contributed by atoms with Crippen molar-refractivity contribution in [2.45, 2.75) is 11.8 Å². The number of benzene rings is 2. The Kier molecular flexibility index (Phi) is 4.67. The average molecular weight is 320 g/mol. The van der Waals surface area contributed by atoms with Gasteiger partial charge in [-0.25, -0.2) is 8.42 Å². The molecule has 1 amide bonds. The number of carbonyl (C=O) groups excluding carboxylic acids is 1. The average Bonchev–Trinajstić information content (AvgIpc) is 2.49. The highest BCUT2D eigenvalue weighted by Crippen LogP contribution is 2.26. The normalized spacial score (nSPS) is 11.0. The molecule has 3 N–H and O–H groups in total. The van der Waals surface area contributed by atoms with Crippen molar-refractivity contribution in [3.05, 3.63) is 54.1 Å². The fourth-order valence-electron chi connectivity index (χ4n) is 1.83. The number of anilines is 1. The van der Waals surface area contributed by atoms with Gasteiger partial charge in [-0.2, -0.15) is 0 Å². The molecule has 0 atom stereocenters. The van der Waals surface area contributed by atoms with E-state index in [-0.39, 0.29) is 10.5 Å². The zero-order valence-electron chi connectivity index (χ0n) is 11.9. The van der Waals surface area contributed by atoms with Crippen molar-refractivity contribution in [2.75, 3.05) is 11.3 Å². The van der Waals surface area contributed by atoms with Crippen LogP contribution in [0.1, 0.15) is 17.3 Å². The number of rotatable bonds is 6. The molecule has 0 unspecified atom stereocenters. The monoisotopic (exact) mass is 320 g/mol. The highest BCUT2D eigenvalue weighted by atomic mass is 32.2. The second-order valence-electron chi connectivity index (χ2n) is 4.42. The van der Waals surface area contributed by atoms with Crippen molar-refractivity contribution in [1.29, 1.82) is 0 Å². The number of ether oxygens (including phenoxy) is 1. The number of nitrogens with one attached hydrogen (secondary N) is 1.